The second-order valence-electron chi connectivity index (χ2n) is 4.49. The fourth-order valence-electron chi connectivity index (χ4n) is 1.95. The summed E-state index contributed by atoms with van der Waals surface area (Å²) in [5, 5.41) is 11.0. The number of non-ortho nitro benzene ring substituents is 1. The number of thioether (sulfide) groups is 1. The van der Waals surface area contributed by atoms with Crippen molar-refractivity contribution in [1.29, 1.82) is 0 Å². The molecule has 1 aromatic heterocycles. The van der Waals surface area contributed by atoms with Gasteiger partial charge in [-0.3, -0.25) is 14.9 Å². The van der Waals surface area contributed by atoms with Crippen LogP contribution in [0.1, 0.15) is 5.76 Å². The number of aliphatic imine (C=N–C) groups is 1. The first-order chi connectivity index (χ1) is 10.9. The summed E-state index contributed by atoms with van der Waals surface area (Å²) in [4.78, 5) is 25.8. The lowest BCUT2D eigenvalue weighted by Gasteiger charge is -2.00. The largest absolute Gasteiger partial charge is 0.457 e. The molecule has 116 valence electrons. The lowest BCUT2D eigenvalue weighted by molar-refractivity contribution is -0.384. The summed E-state index contributed by atoms with van der Waals surface area (Å²) in [7, 11) is 0. The van der Waals surface area contributed by atoms with Crippen LogP contribution in [0.2, 0.25) is 0 Å². The second-order valence-corrected chi connectivity index (χ2v) is 6.41. The quantitative estimate of drug-likeness (QED) is 0.484. The van der Waals surface area contributed by atoms with Gasteiger partial charge in [-0.05, 0) is 45.9 Å². The maximum absolute atomic E-state index is 11.6. The number of benzene rings is 1. The molecule has 0 aliphatic carbocycles. The summed E-state index contributed by atoms with van der Waals surface area (Å²) in [6, 6.07) is 7.80. The number of nitrogens with zero attached hydrogens (tertiary/aromatic N) is 2. The van der Waals surface area contributed by atoms with Crippen LogP contribution in [-0.2, 0) is 4.79 Å². The minimum Gasteiger partial charge on any atom is -0.457 e. The van der Waals surface area contributed by atoms with E-state index in [0.29, 0.717) is 26.5 Å². The molecule has 23 heavy (non-hydrogen) atoms. The summed E-state index contributed by atoms with van der Waals surface area (Å²) in [5.74, 6) is 0.580. The van der Waals surface area contributed by atoms with Crippen molar-refractivity contribution in [3.05, 3.63) is 55.6 Å². The number of nitrogens with two attached hydrogens (primary N) is 1. The Morgan fingerprint density at radius 3 is 2.74 bits per heavy atom. The average molecular weight is 394 g/mol. The number of rotatable bonds is 3. The molecule has 0 radical (unpaired) electrons. The predicted octanol–water partition coefficient (Wildman–Crippen LogP) is 3.55. The number of carbonyl (C=O) groups excluding carboxylic acids is 1. The first kappa shape index (κ1) is 15.5. The maximum Gasteiger partial charge on any atom is 0.286 e. The van der Waals surface area contributed by atoms with Crippen LogP contribution in [0.4, 0.5) is 5.69 Å². The van der Waals surface area contributed by atoms with Gasteiger partial charge in [-0.2, -0.15) is 4.99 Å². The standard InChI is InChI=1S/C14H8BrN3O4S/c15-10-5-7(18(20)21)1-3-9(10)11-4-2-8(22-11)6-12-13(19)17-14(16)23-12/h1-6H,(H2,16,17,19). The van der Waals surface area contributed by atoms with E-state index in [4.69, 9.17) is 10.2 Å². The molecule has 0 bridgehead atoms. The molecule has 2 N–H and O–H groups in total. The Morgan fingerprint density at radius 2 is 2.13 bits per heavy atom. The lowest BCUT2D eigenvalue weighted by Crippen LogP contribution is -2.01. The molecular formula is C14H8BrN3O4S. The van der Waals surface area contributed by atoms with Crippen LogP contribution in [-0.4, -0.2) is 16.0 Å². The summed E-state index contributed by atoms with van der Waals surface area (Å²) >= 11 is 4.37. The van der Waals surface area contributed by atoms with Gasteiger partial charge < -0.3 is 10.2 Å². The molecule has 1 aromatic carbocycles. The molecule has 9 heteroatoms. The highest BCUT2D eigenvalue weighted by molar-refractivity contribution is 9.10. The van der Waals surface area contributed by atoms with Gasteiger partial charge in [0, 0.05) is 28.2 Å². The van der Waals surface area contributed by atoms with Crippen LogP contribution in [0.3, 0.4) is 0 Å². The molecule has 1 aliphatic heterocycles. The zero-order valence-electron chi connectivity index (χ0n) is 11.4. The molecule has 3 rings (SSSR count). The van der Waals surface area contributed by atoms with Crippen molar-refractivity contribution in [1.82, 2.24) is 0 Å². The van der Waals surface area contributed by atoms with E-state index in [1.807, 2.05) is 0 Å². The smallest absolute Gasteiger partial charge is 0.286 e. The van der Waals surface area contributed by atoms with Gasteiger partial charge in [0.15, 0.2) is 5.17 Å². The van der Waals surface area contributed by atoms with E-state index in [-0.39, 0.29) is 10.9 Å². The third-order valence-corrected chi connectivity index (χ3v) is 4.44. The van der Waals surface area contributed by atoms with Gasteiger partial charge in [0.2, 0.25) is 0 Å². The average Bonchev–Trinajstić information content (AvgIpc) is 3.06. The minimum atomic E-state index is -0.472. The lowest BCUT2D eigenvalue weighted by atomic mass is 10.1. The highest BCUT2D eigenvalue weighted by Crippen LogP contribution is 2.34. The number of halogens is 1. The highest BCUT2D eigenvalue weighted by atomic mass is 79.9. The summed E-state index contributed by atoms with van der Waals surface area (Å²) in [5.41, 5.74) is 6.13. The molecule has 0 fully saturated rings. The third-order valence-electron chi connectivity index (χ3n) is 2.97. The zero-order chi connectivity index (χ0) is 16.6. The second kappa shape index (κ2) is 6.01. The number of carbonyl (C=O) groups is 1. The Balaban J connectivity index is 1.90. The normalized spacial score (nSPS) is 16.0. The Hall–Kier alpha value is -2.39. The Kier molecular flexibility index (Phi) is 4.05. The Bertz CT molecular complexity index is 888. The van der Waals surface area contributed by atoms with Crippen molar-refractivity contribution in [3.63, 3.8) is 0 Å². The van der Waals surface area contributed by atoms with Crippen molar-refractivity contribution in [2.45, 2.75) is 0 Å². The van der Waals surface area contributed by atoms with E-state index in [1.54, 1.807) is 24.3 Å². The molecule has 0 saturated heterocycles. The van der Waals surface area contributed by atoms with Gasteiger partial charge in [0.1, 0.15) is 11.5 Å². The van der Waals surface area contributed by atoms with Crippen LogP contribution >= 0.6 is 27.7 Å². The van der Waals surface area contributed by atoms with Crippen molar-refractivity contribution in [3.8, 4) is 11.3 Å². The number of furan rings is 1. The molecule has 0 unspecified atom stereocenters. The molecule has 1 aliphatic rings. The Labute approximate surface area is 142 Å². The fraction of sp³-hybridized carbons (Fsp3) is 0. The van der Waals surface area contributed by atoms with Crippen LogP contribution in [0, 0.1) is 10.1 Å². The van der Waals surface area contributed by atoms with E-state index in [1.165, 1.54) is 12.1 Å². The van der Waals surface area contributed by atoms with Crippen LogP contribution in [0.5, 0.6) is 0 Å². The van der Waals surface area contributed by atoms with E-state index >= 15 is 0 Å². The van der Waals surface area contributed by atoms with Crippen molar-refractivity contribution < 1.29 is 14.1 Å². The topological polar surface area (TPSA) is 112 Å². The Morgan fingerprint density at radius 1 is 1.35 bits per heavy atom. The minimum absolute atomic E-state index is 0.0184. The van der Waals surface area contributed by atoms with Crippen LogP contribution in [0.25, 0.3) is 17.4 Å². The summed E-state index contributed by atoms with van der Waals surface area (Å²) in [6.07, 6.45) is 1.55. The van der Waals surface area contributed by atoms with E-state index in [2.05, 4.69) is 20.9 Å². The van der Waals surface area contributed by atoms with Crippen LogP contribution < -0.4 is 5.73 Å². The summed E-state index contributed by atoms with van der Waals surface area (Å²) < 4.78 is 6.20. The van der Waals surface area contributed by atoms with Crippen molar-refractivity contribution in [2.75, 3.05) is 0 Å². The predicted molar refractivity (Wildman–Crippen MR) is 90.7 cm³/mol. The fourth-order valence-corrected chi connectivity index (χ4v) is 3.17. The molecule has 1 amide bonds. The number of hydrogen-bond acceptors (Lipinski definition) is 6. The van der Waals surface area contributed by atoms with Crippen molar-refractivity contribution >= 4 is 50.5 Å². The highest BCUT2D eigenvalue weighted by Gasteiger charge is 2.20. The maximum atomic E-state index is 11.6. The van der Waals surface area contributed by atoms with Crippen LogP contribution in [0.15, 0.2) is 49.1 Å². The third kappa shape index (κ3) is 3.20. The molecule has 2 heterocycles. The molecular weight excluding hydrogens is 386 g/mol. The monoisotopic (exact) mass is 393 g/mol. The van der Waals surface area contributed by atoms with E-state index < -0.39 is 10.8 Å². The number of amides is 1. The molecule has 0 spiro atoms. The molecule has 2 aromatic rings. The molecule has 0 saturated carbocycles. The van der Waals surface area contributed by atoms with Crippen molar-refractivity contribution in [2.24, 2.45) is 10.7 Å². The van der Waals surface area contributed by atoms with Gasteiger partial charge in [-0.1, -0.05) is 0 Å². The van der Waals surface area contributed by atoms with Gasteiger partial charge in [-0.25, -0.2) is 0 Å². The number of hydrogen-bond donors (Lipinski definition) is 1. The van der Waals surface area contributed by atoms with Gasteiger partial charge in [0.25, 0.3) is 11.6 Å². The van der Waals surface area contributed by atoms with Gasteiger partial charge in [0.05, 0.1) is 9.83 Å². The van der Waals surface area contributed by atoms with Gasteiger partial charge >= 0.3 is 0 Å². The summed E-state index contributed by atoms with van der Waals surface area (Å²) in [6.45, 7) is 0. The molecule has 0 atom stereocenters. The molecule has 7 nitrogen and oxygen atoms in total. The van der Waals surface area contributed by atoms with E-state index in [0.717, 1.165) is 11.8 Å². The number of amidine groups is 1. The number of nitro benzene ring substituents is 1. The number of nitro groups is 1. The first-order valence-corrected chi connectivity index (χ1v) is 7.87. The zero-order valence-corrected chi connectivity index (χ0v) is 13.8. The SMILES string of the molecule is NC1=NC(=O)C(=Cc2ccc(-c3ccc([N+](=O)[O-])cc3Br)o2)S1. The van der Waals surface area contributed by atoms with Gasteiger partial charge in [-0.15, -0.1) is 0 Å². The van der Waals surface area contributed by atoms with E-state index in [9.17, 15) is 14.9 Å². The first-order valence-electron chi connectivity index (χ1n) is 6.26.